The second-order valence-corrected chi connectivity index (χ2v) is 5.33. The van der Waals surface area contributed by atoms with Crippen molar-refractivity contribution in [3.05, 3.63) is 35.4 Å². The Morgan fingerprint density at radius 1 is 1.26 bits per heavy atom. The molecule has 1 aliphatic rings. The minimum atomic E-state index is 0.626. The quantitative estimate of drug-likeness (QED) is 0.811. The van der Waals surface area contributed by atoms with Crippen LogP contribution < -0.4 is 4.74 Å². The van der Waals surface area contributed by atoms with Crippen LogP contribution in [0.3, 0.4) is 0 Å². The molecule has 19 heavy (non-hydrogen) atoms. The standard InChI is InChI=1S/C17H25NO/c1-4-18(2)17-8-6-5-7-15(17)13-14-9-11-16(19-3)12-10-14/h9-13,17H,4-8H2,1-3H3/b15-13-. The van der Waals surface area contributed by atoms with Gasteiger partial charge < -0.3 is 4.74 Å². The Hall–Kier alpha value is -1.28. The molecule has 0 N–H and O–H groups in total. The predicted molar refractivity (Wildman–Crippen MR) is 81.5 cm³/mol. The Balaban J connectivity index is 2.17. The van der Waals surface area contributed by atoms with E-state index in [1.54, 1.807) is 12.7 Å². The molecule has 1 fully saturated rings. The Labute approximate surface area is 117 Å². The maximum absolute atomic E-state index is 5.21. The van der Waals surface area contributed by atoms with Crippen molar-refractivity contribution in [1.82, 2.24) is 4.90 Å². The van der Waals surface area contributed by atoms with E-state index in [2.05, 4.69) is 37.1 Å². The fourth-order valence-electron chi connectivity index (χ4n) is 2.83. The first kappa shape index (κ1) is 14.1. The molecule has 0 radical (unpaired) electrons. The van der Waals surface area contributed by atoms with Crippen molar-refractivity contribution in [2.45, 2.75) is 38.6 Å². The minimum Gasteiger partial charge on any atom is -0.497 e. The van der Waals surface area contributed by atoms with Crippen LogP contribution in [-0.2, 0) is 0 Å². The van der Waals surface area contributed by atoms with Crippen molar-refractivity contribution in [3.8, 4) is 5.75 Å². The molecular formula is C17H25NO. The van der Waals surface area contributed by atoms with E-state index >= 15 is 0 Å². The number of likely N-dealkylation sites (N-methyl/N-ethyl adjacent to an activating group) is 1. The fourth-order valence-corrected chi connectivity index (χ4v) is 2.83. The molecule has 2 nitrogen and oxygen atoms in total. The zero-order valence-electron chi connectivity index (χ0n) is 12.4. The molecule has 0 aromatic heterocycles. The summed E-state index contributed by atoms with van der Waals surface area (Å²) >= 11 is 0. The highest BCUT2D eigenvalue weighted by atomic mass is 16.5. The molecular weight excluding hydrogens is 234 g/mol. The predicted octanol–water partition coefficient (Wildman–Crippen LogP) is 3.97. The monoisotopic (exact) mass is 259 g/mol. The number of methoxy groups -OCH3 is 1. The van der Waals surface area contributed by atoms with Crippen LogP contribution in [0, 0.1) is 0 Å². The Kier molecular flexibility index (Phi) is 5.03. The molecule has 1 unspecified atom stereocenters. The lowest BCUT2D eigenvalue weighted by Gasteiger charge is -2.33. The lowest BCUT2D eigenvalue weighted by Crippen LogP contribution is -2.34. The molecule has 0 heterocycles. The van der Waals surface area contributed by atoms with Crippen LogP contribution in [0.2, 0.25) is 0 Å². The van der Waals surface area contributed by atoms with Gasteiger partial charge in [0.1, 0.15) is 5.75 Å². The summed E-state index contributed by atoms with van der Waals surface area (Å²) < 4.78 is 5.21. The average Bonchev–Trinajstić information content (AvgIpc) is 2.48. The van der Waals surface area contributed by atoms with Crippen molar-refractivity contribution in [2.75, 3.05) is 20.7 Å². The molecule has 1 aromatic carbocycles. The zero-order valence-corrected chi connectivity index (χ0v) is 12.4. The molecule has 1 aliphatic carbocycles. The van der Waals surface area contributed by atoms with E-state index in [1.807, 2.05) is 12.1 Å². The Bertz CT molecular complexity index is 421. The molecule has 0 amide bonds. The average molecular weight is 259 g/mol. The van der Waals surface area contributed by atoms with Crippen LogP contribution in [-0.4, -0.2) is 31.6 Å². The van der Waals surface area contributed by atoms with Crippen molar-refractivity contribution in [1.29, 1.82) is 0 Å². The molecule has 0 bridgehead atoms. The maximum Gasteiger partial charge on any atom is 0.118 e. The molecule has 2 rings (SSSR count). The second-order valence-electron chi connectivity index (χ2n) is 5.33. The van der Waals surface area contributed by atoms with Crippen molar-refractivity contribution < 1.29 is 4.74 Å². The van der Waals surface area contributed by atoms with Crippen LogP contribution in [0.4, 0.5) is 0 Å². The normalized spacial score (nSPS) is 21.9. The Morgan fingerprint density at radius 2 is 2.00 bits per heavy atom. The van der Waals surface area contributed by atoms with Crippen molar-refractivity contribution >= 4 is 6.08 Å². The first-order chi connectivity index (χ1) is 9.24. The van der Waals surface area contributed by atoms with Gasteiger partial charge in [0, 0.05) is 6.04 Å². The number of rotatable bonds is 4. The third kappa shape index (κ3) is 3.60. The van der Waals surface area contributed by atoms with Gasteiger partial charge in [0.25, 0.3) is 0 Å². The summed E-state index contributed by atoms with van der Waals surface area (Å²) in [7, 11) is 3.94. The van der Waals surface area contributed by atoms with Gasteiger partial charge in [-0.25, -0.2) is 0 Å². The maximum atomic E-state index is 5.21. The van der Waals surface area contributed by atoms with Gasteiger partial charge >= 0.3 is 0 Å². The third-order valence-corrected chi connectivity index (χ3v) is 4.12. The van der Waals surface area contributed by atoms with Gasteiger partial charge in [-0.1, -0.05) is 37.1 Å². The van der Waals surface area contributed by atoms with E-state index in [0.717, 1.165) is 12.3 Å². The molecule has 1 aromatic rings. The fraction of sp³-hybridized carbons (Fsp3) is 0.529. The summed E-state index contributed by atoms with van der Waals surface area (Å²) in [5, 5.41) is 0. The highest BCUT2D eigenvalue weighted by molar-refractivity contribution is 5.55. The lowest BCUT2D eigenvalue weighted by molar-refractivity contribution is 0.250. The Morgan fingerprint density at radius 3 is 2.63 bits per heavy atom. The van der Waals surface area contributed by atoms with E-state index in [4.69, 9.17) is 4.74 Å². The van der Waals surface area contributed by atoms with Gasteiger partial charge in [-0.15, -0.1) is 0 Å². The van der Waals surface area contributed by atoms with Gasteiger partial charge in [0.2, 0.25) is 0 Å². The molecule has 104 valence electrons. The molecule has 1 atom stereocenters. The summed E-state index contributed by atoms with van der Waals surface area (Å²) in [6.07, 6.45) is 7.59. The number of hydrogen-bond donors (Lipinski definition) is 0. The lowest BCUT2D eigenvalue weighted by atomic mass is 9.87. The van der Waals surface area contributed by atoms with Gasteiger partial charge in [-0.2, -0.15) is 0 Å². The van der Waals surface area contributed by atoms with Crippen LogP contribution in [0.25, 0.3) is 6.08 Å². The highest BCUT2D eigenvalue weighted by Gasteiger charge is 2.21. The summed E-state index contributed by atoms with van der Waals surface area (Å²) in [5.74, 6) is 0.924. The third-order valence-electron chi connectivity index (χ3n) is 4.12. The molecule has 1 saturated carbocycles. The van der Waals surface area contributed by atoms with Crippen LogP contribution >= 0.6 is 0 Å². The summed E-state index contributed by atoms with van der Waals surface area (Å²) in [4.78, 5) is 2.47. The van der Waals surface area contributed by atoms with Gasteiger partial charge in [-0.3, -0.25) is 4.90 Å². The SMILES string of the molecule is CCN(C)C1CCCC/C1=C/c1ccc(OC)cc1. The molecule has 0 spiro atoms. The number of hydrogen-bond acceptors (Lipinski definition) is 2. The van der Waals surface area contributed by atoms with E-state index in [9.17, 15) is 0 Å². The van der Waals surface area contributed by atoms with E-state index in [0.29, 0.717) is 6.04 Å². The number of benzene rings is 1. The number of ether oxygens (including phenoxy) is 1. The van der Waals surface area contributed by atoms with E-state index in [1.165, 1.54) is 31.2 Å². The van der Waals surface area contributed by atoms with Gasteiger partial charge in [0.15, 0.2) is 0 Å². The molecule has 0 saturated heterocycles. The molecule has 0 aliphatic heterocycles. The van der Waals surface area contributed by atoms with E-state index in [-0.39, 0.29) is 0 Å². The van der Waals surface area contributed by atoms with Crippen LogP contribution in [0.15, 0.2) is 29.8 Å². The smallest absolute Gasteiger partial charge is 0.118 e. The summed E-state index contributed by atoms with van der Waals surface area (Å²) in [6, 6.07) is 8.98. The summed E-state index contributed by atoms with van der Waals surface area (Å²) in [6.45, 7) is 3.35. The highest BCUT2D eigenvalue weighted by Crippen LogP contribution is 2.29. The van der Waals surface area contributed by atoms with Gasteiger partial charge in [0.05, 0.1) is 7.11 Å². The van der Waals surface area contributed by atoms with E-state index < -0.39 is 0 Å². The topological polar surface area (TPSA) is 12.5 Å². The molecule has 2 heteroatoms. The first-order valence-electron chi connectivity index (χ1n) is 7.29. The number of nitrogens with zero attached hydrogens (tertiary/aromatic N) is 1. The minimum absolute atomic E-state index is 0.626. The first-order valence-corrected chi connectivity index (χ1v) is 7.29. The zero-order chi connectivity index (χ0) is 13.7. The van der Waals surface area contributed by atoms with Crippen LogP contribution in [0.1, 0.15) is 38.2 Å². The van der Waals surface area contributed by atoms with Gasteiger partial charge in [-0.05, 0) is 50.6 Å². The summed E-state index contributed by atoms with van der Waals surface area (Å²) in [5.41, 5.74) is 2.87. The van der Waals surface area contributed by atoms with Crippen molar-refractivity contribution in [2.24, 2.45) is 0 Å². The second kappa shape index (κ2) is 6.76. The van der Waals surface area contributed by atoms with Crippen molar-refractivity contribution in [3.63, 3.8) is 0 Å². The van der Waals surface area contributed by atoms with Crippen LogP contribution in [0.5, 0.6) is 5.75 Å². The largest absolute Gasteiger partial charge is 0.497 e.